The van der Waals surface area contributed by atoms with Crippen LogP contribution in [0.3, 0.4) is 0 Å². The maximum atomic E-state index is 12.5. The van der Waals surface area contributed by atoms with Crippen LogP contribution < -0.4 is 5.32 Å². The first-order chi connectivity index (χ1) is 9.24. The Morgan fingerprint density at radius 3 is 2.76 bits per heavy atom. The van der Waals surface area contributed by atoms with Gasteiger partial charge in [0.25, 0.3) is 0 Å². The summed E-state index contributed by atoms with van der Waals surface area (Å²) in [6.45, 7) is 3.96. The Bertz CT molecular complexity index is 452. The van der Waals surface area contributed by atoms with Gasteiger partial charge >= 0.3 is 0 Å². The molecule has 2 aliphatic heterocycles. The van der Waals surface area contributed by atoms with E-state index in [-0.39, 0.29) is 30.7 Å². The second kappa shape index (κ2) is 7.97. The molecule has 4 nitrogen and oxygen atoms in total. The molecule has 0 spiro atoms. The number of amides is 1. The van der Waals surface area contributed by atoms with E-state index < -0.39 is 0 Å². The van der Waals surface area contributed by atoms with Crippen molar-refractivity contribution in [2.45, 2.75) is 44.7 Å². The van der Waals surface area contributed by atoms with Crippen LogP contribution >= 0.6 is 24.8 Å². The Morgan fingerprint density at radius 2 is 2.05 bits per heavy atom. The number of carbonyl (C=O) groups excluding carboxylic acids is 1. The number of carbonyl (C=O) groups is 1. The second-order valence-corrected chi connectivity index (χ2v) is 5.66. The van der Waals surface area contributed by atoms with Crippen molar-refractivity contribution in [3.05, 3.63) is 29.6 Å². The molecule has 118 valence electrons. The van der Waals surface area contributed by atoms with E-state index in [2.05, 4.69) is 15.2 Å². The molecule has 0 aromatic carbocycles. The van der Waals surface area contributed by atoms with E-state index in [1.165, 1.54) is 6.42 Å². The normalized spacial score (nSPS) is 23.8. The van der Waals surface area contributed by atoms with Crippen molar-refractivity contribution in [2.24, 2.45) is 0 Å². The highest BCUT2D eigenvalue weighted by Crippen LogP contribution is 2.28. The second-order valence-electron chi connectivity index (χ2n) is 5.66. The number of aryl methyl sites for hydroxylation is 1. The molecule has 0 saturated carbocycles. The molecular weight excluding hydrogens is 309 g/mol. The molecule has 1 aromatic rings. The lowest BCUT2D eigenvalue weighted by Gasteiger charge is -2.28. The maximum Gasteiger partial charge on any atom is 0.227 e. The van der Waals surface area contributed by atoms with Gasteiger partial charge in [0.1, 0.15) is 0 Å². The van der Waals surface area contributed by atoms with Gasteiger partial charge in [0.2, 0.25) is 5.91 Å². The lowest BCUT2D eigenvalue weighted by Crippen LogP contribution is -2.43. The molecule has 0 aliphatic carbocycles. The molecule has 21 heavy (non-hydrogen) atoms. The Labute approximate surface area is 138 Å². The summed E-state index contributed by atoms with van der Waals surface area (Å²) >= 11 is 0. The number of halogens is 2. The van der Waals surface area contributed by atoms with Crippen LogP contribution in [0.2, 0.25) is 0 Å². The van der Waals surface area contributed by atoms with E-state index >= 15 is 0 Å². The van der Waals surface area contributed by atoms with Crippen molar-refractivity contribution in [3.63, 3.8) is 0 Å². The van der Waals surface area contributed by atoms with Gasteiger partial charge < -0.3 is 10.2 Å². The standard InChI is InChI=1S/C15H21N3O.2ClH/c1-11-2-3-12(9-17-11)8-15(19)18-13-4-5-14(18)10-16-7-6-13;;/h2-3,9,13-14,16H,4-8,10H2,1H3;2*1H. The van der Waals surface area contributed by atoms with E-state index in [4.69, 9.17) is 0 Å². The fourth-order valence-electron chi connectivity index (χ4n) is 3.26. The summed E-state index contributed by atoms with van der Waals surface area (Å²) in [7, 11) is 0. The third-order valence-corrected chi connectivity index (χ3v) is 4.27. The van der Waals surface area contributed by atoms with Gasteiger partial charge in [-0.05, 0) is 44.4 Å². The summed E-state index contributed by atoms with van der Waals surface area (Å²) in [6, 6.07) is 4.84. The molecule has 2 aliphatic rings. The highest BCUT2D eigenvalue weighted by Gasteiger charge is 2.37. The molecule has 3 rings (SSSR count). The van der Waals surface area contributed by atoms with E-state index in [1.54, 1.807) is 0 Å². The molecule has 6 heteroatoms. The minimum absolute atomic E-state index is 0. The van der Waals surface area contributed by atoms with Gasteiger partial charge in [-0.3, -0.25) is 9.78 Å². The van der Waals surface area contributed by atoms with E-state index in [9.17, 15) is 4.79 Å². The third-order valence-electron chi connectivity index (χ3n) is 4.27. The van der Waals surface area contributed by atoms with Crippen LogP contribution in [-0.2, 0) is 11.2 Å². The Morgan fingerprint density at radius 1 is 1.29 bits per heavy atom. The van der Waals surface area contributed by atoms with Gasteiger partial charge in [0.15, 0.2) is 0 Å². The van der Waals surface area contributed by atoms with Gasteiger partial charge in [0.05, 0.1) is 6.42 Å². The number of fused-ring (bicyclic) bond motifs is 2. The zero-order valence-corrected chi connectivity index (χ0v) is 13.9. The predicted molar refractivity (Wildman–Crippen MR) is 88.3 cm³/mol. The van der Waals surface area contributed by atoms with Gasteiger partial charge in [-0.2, -0.15) is 0 Å². The summed E-state index contributed by atoms with van der Waals surface area (Å²) in [5.74, 6) is 0.266. The molecule has 3 heterocycles. The minimum Gasteiger partial charge on any atom is -0.335 e. The summed E-state index contributed by atoms with van der Waals surface area (Å²) in [4.78, 5) is 18.9. The number of aromatic nitrogens is 1. The van der Waals surface area contributed by atoms with Crippen LogP contribution in [0, 0.1) is 6.92 Å². The van der Waals surface area contributed by atoms with Crippen LogP contribution in [0.4, 0.5) is 0 Å². The average molecular weight is 332 g/mol. The fourth-order valence-corrected chi connectivity index (χ4v) is 3.26. The quantitative estimate of drug-likeness (QED) is 0.902. The van der Waals surface area contributed by atoms with Crippen molar-refractivity contribution in [2.75, 3.05) is 13.1 Å². The Balaban J connectivity index is 0.00000110. The molecule has 2 bridgehead atoms. The predicted octanol–water partition coefficient (Wildman–Crippen LogP) is 2.13. The lowest BCUT2D eigenvalue weighted by atomic mass is 10.1. The van der Waals surface area contributed by atoms with E-state index in [0.29, 0.717) is 18.5 Å². The smallest absolute Gasteiger partial charge is 0.227 e. The molecule has 2 unspecified atom stereocenters. The summed E-state index contributed by atoms with van der Waals surface area (Å²) < 4.78 is 0. The Kier molecular flexibility index (Phi) is 6.91. The number of pyridine rings is 1. The highest BCUT2D eigenvalue weighted by atomic mass is 35.5. The number of hydrogen-bond acceptors (Lipinski definition) is 3. The molecule has 0 radical (unpaired) electrons. The summed E-state index contributed by atoms with van der Waals surface area (Å²) in [5.41, 5.74) is 2.02. The van der Waals surface area contributed by atoms with Gasteiger partial charge in [-0.15, -0.1) is 24.8 Å². The van der Waals surface area contributed by atoms with Crippen molar-refractivity contribution in [3.8, 4) is 0 Å². The van der Waals surface area contributed by atoms with Gasteiger partial charge in [-0.1, -0.05) is 6.07 Å². The summed E-state index contributed by atoms with van der Waals surface area (Å²) in [5, 5.41) is 3.43. The number of rotatable bonds is 2. The molecule has 2 saturated heterocycles. The van der Waals surface area contributed by atoms with Crippen LogP contribution in [0.15, 0.2) is 18.3 Å². The number of nitrogens with zero attached hydrogens (tertiary/aromatic N) is 2. The average Bonchev–Trinajstić information content (AvgIpc) is 2.66. The monoisotopic (exact) mass is 331 g/mol. The number of nitrogens with one attached hydrogen (secondary N) is 1. The first-order valence-electron chi connectivity index (χ1n) is 7.17. The lowest BCUT2D eigenvalue weighted by molar-refractivity contribution is -0.133. The largest absolute Gasteiger partial charge is 0.335 e. The molecule has 2 atom stereocenters. The highest BCUT2D eigenvalue weighted by molar-refractivity contribution is 5.85. The zero-order chi connectivity index (χ0) is 13.2. The van der Waals surface area contributed by atoms with Gasteiger partial charge in [-0.25, -0.2) is 0 Å². The fraction of sp³-hybridized carbons (Fsp3) is 0.600. The van der Waals surface area contributed by atoms with E-state index in [0.717, 1.165) is 37.2 Å². The third kappa shape index (κ3) is 4.09. The van der Waals surface area contributed by atoms with Crippen molar-refractivity contribution in [1.82, 2.24) is 15.2 Å². The maximum absolute atomic E-state index is 12.5. The first kappa shape index (κ1) is 18.2. The van der Waals surface area contributed by atoms with Crippen LogP contribution in [0.25, 0.3) is 0 Å². The first-order valence-corrected chi connectivity index (χ1v) is 7.17. The van der Waals surface area contributed by atoms with Gasteiger partial charge in [0, 0.05) is 30.5 Å². The molecule has 1 aromatic heterocycles. The van der Waals surface area contributed by atoms with Crippen LogP contribution in [0.5, 0.6) is 0 Å². The van der Waals surface area contributed by atoms with E-state index in [1.807, 2.05) is 25.3 Å². The summed E-state index contributed by atoms with van der Waals surface area (Å²) in [6.07, 6.45) is 5.72. The Hall–Kier alpha value is -0.840. The molecule has 2 fully saturated rings. The van der Waals surface area contributed by atoms with Crippen molar-refractivity contribution < 1.29 is 4.79 Å². The number of hydrogen-bond donors (Lipinski definition) is 1. The van der Waals surface area contributed by atoms with Crippen molar-refractivity contribution >= 4 is 30.7 Å². The zero-order valence-electron chi connectivity index (χ0n) is 12.2. The van der Waals surface area contributed by atoms with Crippen molar-refractivity contribution in [1.29, 1.82) is 0 Å². The molecular formula is C15H23Cl2N3O. The SMILES string of the molecule is Cc1ccc(CC(=O)N2C3CCNCC2CC3)cn1.Cl.Cl. The minimum atomic E-state index is 0. The van der Waals surface area contributed by atoms with Crippen LogP contribution in [-0.4, -0.2) is 41.0 Å². The molecule has 1 amide bonds. The van der Waals surface area contributed by atoms with Crippen LogP contribution in [0.1, 0.15) is 30.5 Å². The molecule has 1 N–H and O–H groups in total. The topological polar surface area (TPSA) is 45.2 Å².